The Labute approximate surface area is 119 Å². The van der Waals surface area contributed by atoms with E-state index >= 15 is 0 Å². The molecule has 1 N–H and O–H groups in total. The third-order valence-corrected chi connectivity index (χ3v) is 3.15. The summed E-state index contributed by atoms with van der Waals surface area (Å²) in [6.45, 7) is 0.380. The number of phenolic OH excluding ortho intramolecular Hbond substituents is 1. The molecule has 4 heteroatoms. The lowest BCUT2D eigenvalue weighted by Gasteiger charge is -2.08. The summed E-state index contributed by atoms with van der Waals surface area (Å²) in [6.07, 6.45) is 0.683. The summed E-state index contributed by atoms with van der Waals surface area (Å²) in [7, 11) is 0. The number of aldehydes is 1. The van der Waals surface area contributed by atoms with Crippen molar-refractivity contribution in [3.05, 3.63) is 57.2 Å². The van der Waals surface area contributed by atoms with Gasteiger partial charge in [0, 0.05) is 9.13 Å². The van der Waals surface area contributed by atoms with Gasteiger partial charge in [-0.2, -0.15) is 0 Å². The Morgan fingerprint density at radius 2 is 1.89 bits per heavy atom. The van der Waals surface area contributed by atoms with Crippen molar-refractivity contribution in [1.82, 2.24) is 0 Å². The first-order valence-electron chi connectivity index (χ1n) is 5.34. The molecule has 0 aliphatic carbocycles. The Balaban J connectivity index is 2.06. The summed E-state index contributed by atoms with van der Waals surface area (Å²) in [4.78, 5) is 10.5. The topological polar surface area (TPSA) is 46.5 Å². The Morgan fingerprint density at radius 1 is 1.17 bits per heavy atom. The van der Waals surface area contributed by atoms with E-state index in [1.54, 1.807) is 12.1 Å². The third-order valence-electron chi connectivity index (χ3n) is 2.43. The molecule has 92 valence electrons. The van der Waals surface area contributed by atoms with Gasteiger partial charge in [-0.25, -0.2) is 0 Å². The van der Waals surface area contributed by atoms with Crippen LogP contribution in [0.4, 0.5) is 0 Å². The molecule has 0 saturated heterocycles. The molecule has 2 aromatic rings. The number of hydrogen-bond donors (Lipinski definition) is 1. The van der Waals surface area contributed by atoms with Crippen LogP contribution in [-0.2, 0) is 6.61 Å². The molecule has 0 bridgehead atoms. The largest absolute Gasteiger partial charge is 0.504 e. The first-order chi connectivity index (χ1) is 8.69. The van der Waals surface area contributed by atoms with Gasteiger partial charge in [-0.3, -0.25) is 4.79 Å². The van der Waals surface area contributed by atoms with Crippen molar-refractivity contribution in [2.24, 2.45) is 0 Å². The maximum atomic E-state index is 10.5. The molecule has 0 amide bonds. The monoisotopic (exact) mass is 354 g/mol. The summed E-state index contributed by atoms with van der Waals surface area (Å²) in [5, 5.41) is 9.66. The van der Waals surface area contributed by atoms with E-state index < -0.39 is 0 Å². The first kappa shape index (κ1) is 12.9. The molecule has 0 heterocycles. The molecule has 3 nitrogen and oxygen atoms in total. The molecule has 0 aliphatic heterocycles. The highest BCUT2D eigenvalue weighted by Crippen LogP contribution is 2.27. The van der Waals surface area contributed by atoms with E-state index in [-0.39, 0.29) is 5.75 Å². The van der Waals surface area contributed by atoms with E-state index in [1.807, 2.05) is 24.3 Å². The molecule has 0 saturated carbocycles. The summed E-state index contributed by atoms with van der Waals surface area (Å²) in [6, 6.07) is 12.5. The molecule has 0 atom stereocenters. The van der Waals surface area contributed by atoms with Crippen LogP contribution >= 0.6 is 22.6 Å². The van der Waals surface area contributed by atoms with Crippen molar-refractivity contribution in [3.63, 3.8) is 0 Å². The second-order valence-electron chi connectivity index (χ2n) is 3.76. The van der Waals surface area contributed by atoms with Crippen LogP contribution < -0.4 is 4.74 Å². The van der Waals surface area contributed by atoms with Crippen molar-refractivity contribution < 1.29 is 14.6 Å². The van der Waals surface area contributed by atoms with Gasteiger partial charge in [-0.15, -0.1) is 0 Å². The Hall–Kier alpha value is -1.56. The quantitative estimate of drug-likeness (QED) is 0.676. The molecule has 0 radical (unpaired) electrons. The number of halogens is 1. The highest BCUT2D eigenvalue weighted by molar-refractivity contribution is 14.1. The zero-order chi connectivity index (χ0) is 13.0. The molecule has 0 aliphatic rings. The Kier molecular flexibility index (Phi) is 4.19. The zero-order valence-corrected chi connectivity index (χ0v) is 11.6. The molecular weight excluding hydrogens is 343 g/mol. The lowest BCUT2D eigenvalue weighted by Crippen LogP contribution is -1.96. The highest BCUT2D eigenvalue weighted by Gasteiger charge is 2.04. The van der Waals surface area contributed by atoms with E-state index in [4.69, 9.17) is 4.74 Å². The van der Waals surface area contributed by atoms with Crippen LogP contribution in [0, 0.1) is 3.57 Å². The van der Waals surface area contributed by atoms with Crippen molar-refractivity contribution in [1.29, 1.82) is 0 Å². The summed E-state index contributed by atoms with van der Waals surface area (Å²) in [5.74, 6) is 0.351. The zero-order valence-electron chi connectivity index (χ0n) is 9.47. The predicted molar refractivity (Wildman–Crippen MR) is 77.0 cm³/mol. The molecule has 0 unspecified atom stereocenters. The molecule has 0 fully saturated rings. The Morgan fingerprint density at radius 3 is 2.50 bits per heavy atom. The van der Waals surface area contributed by atoms with E-state index in [1.165, 1.54) is 6.07 Å². The summed E-state index contributed by atoms with van der Waals surface area (Å²) < 4.78 is 6.66. The van der Waals surface area contributed by atoms with Gasteiger partial charge >= 0.3 is 0 Å². The van der Waals surface area contributed by atoms with Crippen molar-refractivity contribution in [2.45, 2.75) is 6.61 Å². The number of rotatable bonds is 4. The standard InChI is InChI=1S/C14H11IO3/c15-12-4-1-10(2-5-12)9-18-14-6-3-11(8-16)7-13(14)17/h1-8,17H,9H2. The fourth-order valence-corrected chi connectivity index (χ4v) is 1.83. The van der Waals surface area contributed by atoms with Crippen LogP contribution in [0.25, 0.3) is 0 Å². The number of hydrogen-bond acceptors (Lipinski definition) is 3. The van der Waals surface area contributed by atoms with Crippen LogP contribution in [0.3, 0.4) is 0 Å². The summed E-state index contributed by atoms with van der Waals surface area (Å²) in [5.41, 5.74) is 1.45. The molecular formula is C14H11IO3. The maximum Gasteiger partial charge on any atom is 0.161 e. The molecule has 2 aromatic carbocycles. The molecule has 2 rings (SSSR count). The van der Waals surface area contributed by atoms with Crippen LogP contribution in [0.5, 0.6) is 11.5 Å². The second-order valence-corrected chi connectivity index (χ2v) is 5.01. The van der Waals surface area contributed by atoms with Crippen molar-refractivity contribution >= 4 is 28.9 Å². The third kappa shape index (κ3) is 3.22. The van der Waals surface area contributed by atoms with Gasteiger partial charge in [-0.05, 0) is 58.5 Å². The number of ether oxygens (including phenoxy) is 1. The van der Waals surface area contributed by atoms with Gasteiger partial charge < -0.3 is 9.84 Å². The Bertz CT molecular complexity index is 549. The highest BCUT2D eigenvalue weighted by atomic mass is 127. The lowest BCUT2D eigenvalue weighted by atomic mass is 10.2. The van der Waals surface area contributed by atoms with Crippen LogP contribution in [0.2, 0.25) is 0 Å². The first-order valence-corrected chi connectivity index (χ1v) is 6.42. The average Bonchev–Trinajstić information content (AvgIpc) is 2.39. The maximum absolute atomic E-state index is 10.5. The minimum absolute atomic E-state index is 0.0230. The minimum atomic E-state index is -0.0230. The molecule has 0 spiro atoms. The van der Waals surface area contributed by atoms with Crippen molar-refractivity contribution in [3.8, 4) is 11.5 Å². The normalized spacial score (nSPS) is 10.1. The van der Waals surface area contributed by atoms with Gasteiger partial charge in [0.15, 0.2) is 11.5 Å². The number of benzene rings is 2. The predicted octanol–water partition coefficient (Wildman–Crippen LogP) is 3.39. The lowest BCUT2D eigenvalue weighted by molar-refractivity contribution is 0.112. The number of carbonyl (C=O) groups is 1. The van der Waals surface area contributed by atoms with Crippen molar-refractivity contribution in [2.75, 3.05) is 0 Å². The van der Waals surface area contributed by atoms with Crippen LogP contribution in [0.1, 0.15) is 15.9 Å². The smallest absolute Gasteiger partial charge is 0.161 e. The fraction of sp³-hybridized carbons (Fsp3) is 0.0714. The van der Waals surface area contributed by atoms with E-state index in [9.17, 15) is 9.90 Å². The molecule has 18 heavy (non-hydrogen) atoms. The van der Waals surface area contributed by atoms with Gasteiger partial charge in [0.1, 0.15) is 12.9 Å². The fourth-order valence-electron chi connectivity index (χ4n) is 1.47. The van der Waals surface area contributed by atoms with E-state index in [0.717, 1.165) is 9.13 Å². The van der Waals surface area contributed by atoms with Gasteiger partial charge in [0.2, 0.25) is 0 Å². The SMILES string of the molecule is O=Cc1ccc(OCc2ccc(I)cc2)c(O)c1. The van der Waals surface area contributed by atoms with Gasteiger partial charge in [0.25, 0.3) is 0 Å². The summed E-state index contributed by atoms with van der Waals surface area (Å²) >= 11 is 2.24. The molecule has 0 aromatic heterocycles. The number of carbonyl (C=O) groups excluding carboxylic acids is 1. The van der Waals surface area contributed by atoms with Gasteiger partial charge in [-0.1, -0.05) is 12.1 Å². The van der Waals surface area contributed by atoms with E-state index in [2.05, 4.69) is 22.6 Å². The minimum Gasteiger partial charge on any atom is -0.504 e. The van der Waals surface area contributed by atoms with Gasteiger partial charge in [0.05, 0.1) is 0 Å². The van der Waals surface area contributed by atoms with Crippen LogP contribution in [-0.4, -0.2) is 11.4 Å². The second kappa shape index (κ2) is 5.86. The number of phenols is 1. The average molecular weight is 354 g/mol. The van der Waals surface area contributed by atoms with Crippen LogP contribution in [0.15, 0.2) is 42.5 Å². The number of aromatic hydroxyl groups is 1. The van der Waals surface area contributed by atoms with E-state index in [0.29, 0.717) is 24.2 Å².